The first-order valence-electron chi connectivity index (χ1n) is 6.49. The minimum atomic E-state index is -0.201. The van der Waals surface area contributed by atoms with E-state index in [1.54, 1.807) is 24.3 Å². The molecule has 0 saturated carbocycles. The Balaban J connectivity index is 1.92. The molecule has 0 aliphatic heterocycles. The van der Waals surface area contributed by atoms with Crippen molar-refractivity contribution < 1.29 is 4.39 Å². The third kappa shape index (κ3) is 4.20. The number of halogens is 3. The molecule has 0 heterocycles. The van der Waals surface area contributed by atoms with Crippen LogP contribution in [-0.2, 0) is 6.42 Å². The van der Waals surface area contributed by atoms with Gasteiger partial charge < -0.3 is 5.32 Å². The summed E-state index contributed by atoms with van der Waals surface area (Å²) < 4.78 is 13.1. The van der Waals surface area contributed by atoms with Gasteiger partial charge in [-0.3, -0.25) is 0 Å². The van der Waals surface area contributed by atoms with Gasteiger partial charge in [-0.15, -0.1) is 0 Å². The molecule has 0 saturated heterocycles. The van der Waals surface area contributed by atoms with Crippen molar-refractivity contribution >= 4 is 23.2 Å². The fourth-order valence-electron chi connectivity index (χ4n) is 2.08. The predicted octanol–water partition coefficient (Wildman–Crippen LogP) is 5.03. The van der Waals surface area contributed by atoms with E-state index in [-0.39, 0.29) is 11.9 Å². The Morgan fingerprint density at radius 1 is 1.15 bits per heavy atom. The molecule has 0 spiro atoms. The summed E-state index contributed by atoms with van der Waals surface area (Å²) in [4.78, 5) is 0. The van der Waals surface area contributed by atoms with E-state index in [9.17, 15) is 4.39 Å². The fraction of sp³-hybridized carbons (Fsp3) is 0.250. The van der Waals surface area contributed by atoms with Gasteiger partial charge in [0.2, 0.25) is 0 Å². The Bertz CT molecular complexity index is 586. The molecule has 0 aromatic heterocycles. The monoisotopic (exact) mass is 311 g/mol. The molecule has 0 aliphatic rings. The largest absolute Gasteiger partial charge is 0.310 e. The highest BCUT2D eigenvalue weighted by Gasteiger charge is 2.09. The van der Waals surface area contributed by atoms with Crippen molar-refractivity contribution in [3.63, 3.8) is 0 Å². The molecule has 2 rings (SSSR count). The van der Waals surface area contributed by atoms with Gasteiger partial charge in [0.1, 0.15) is 5.82 Å². The second-order valence-electron chi connectivity index (χ2n) is 4.72. The van der Waals surface area contributed by atoms with E-state index in [0.29, 0.717) is 10.0 Å². The van der Waals surface area contributed by atoms with Crippen molar-refractivity contribution in [1.82, 2.24) is 5.32 Å². The van der Waals surface area contributed by atoms with Crippen LogP contribution in [0.25, 0.3) is 0 Å². The van der Waals surface area contributed by atoms with Crippen LogP contribution in [0.2, 0.25) is 10.0 Å². The second-order valence-corrected chi connectivity index (χ2v) is 5.57. The number of rotatable bonds is 5. The summed E-state index contributed by atoms with van der Waals surface area (Å²) in [5.74, 6) is -0.201. The molecular weight excluding hydrogens is 296 g/mol. The van der Waals surface area contributed by atoms with E-state index < -0.39 is 0 Å². The average molecular weight is 312 g/mol. The molecule has 2 aromatic rings. The summed E-state index contributed by atoms with van der Waals surface area (Å²) in [6.45, 7) is 2.77. The Kier molecular flexibility index (Phi) is 5.41. The van der Waals surface area contributed by atoms with Gasteiger partial charge in [0.05, 0.1) is 0 Å². The molecule has 0 bridgehead atoms. The Hall–Kier alpha value is -1.09. The molecule has 20 heavy (non-hydrogen) atoms. The van der Waals surface area contributed by atoms with E-state index in [1.165, 1.54) is 6.07 Å². The van der Waals surface area contributed by atoms with Gasteiger partial charge in [0, 0.05) is 16.1 Å². The summed E-state index contributed by atoms with van der Waals surface area (Å²) in [6.07, 6.45) is 0.764. The lowest BCUT2D eigenvalue weighted by atomic mass is 10.1. The lowest BCUT2D eigenvalue weighted by Gasteiger charge is -2.16. The topological polar surface area (TPSA) is 12.0 Å². The first kappa shape index (κ1) is 15.3. The number of hydrogen-bond acceptors (Lipinski definition) is 1. The smallest absolute Gasteiger partial charge is 0.123 e. The van der Waals surface area contributed by atoms with Crippen LogP contribution in [-0.4, -0.2) is 6.54 Å². The van der Waals surface area contributed by atoms with E-state index in [1.807, 2.05) is 19.1 Å². The van der Waals surface area contributed by atoms with Gasteiger partial charge in [-0.2, -0.15) is 0 Å². The zero-order chi connectivity index (χ0) is 14.5. The molecule has 1 N–H and O–H groups in total. The molecule has 1 unspecified atom stereocenters. The van der Waals surface area contributed by atoms with Crippen LogP contribution in [0, 0.1) is 5.82 Å². The van der Waals surface area contributed by atoms with Crippen molar-refractivity contribution in [3.8, 4) is 0 Å². The molecule has 2 aromatic carbocycles. The standard InChI is InChI=1S/C16H16Cl2FN/c1-11(15-10-13(17)5-6-16(15)18)20-8-7-12-3-2-4-14(19)9-12/h2-6,9-11,20H,7-8H2,1H3. The van der Waals surface area contributed by atoms with Crippen LogP contribution in [0.1, 0.15) is 24.1 Å². The zero-order valence-electron chi connectivity index (χ0n) is 11.2. The first-order valence-corrected chi connectivity index (χ1v) is 7.24. The molecule has 106 valence electrons. The molecule has 0 aliphatic carbocycles. The lowest BCUT2D eigenvalue weighted by molar-refractivity contribution is 0.574. The van der Waals surface area contributed by atoms with Gasteiger partial charge in [-0.25, -0.2) is 4.39 Å². The highest BCUT2D eigenvalue weighted by molar-refractivity contribution is 6.33. The van der Waals surface area contributed by atoms with Gasteiger partial charge in [-0.05, 0) is 61.3 Å². The number of hydrogen-bond donors (Lipinski definition) is 1. The Morgan fingerprint density at radius 3 is 2.70 bits per heavy atom. The third-order valence-corrected chi connectivity index (χ3v) is 3.76. The first-order chi connectivity index (χ1) is 9.56. The van der Waals surface area contributed by atoms with Crippen LogP contribution in [0.15, 0.2) is 42.5 Å². The van der Waals surface area contributed by atoms with Gasteiger partial charge in [0.25, 0.3) is 0 Å². The van der Waals surface area contributed by atoms with Crippen LogP contribution in [0.4, 0.5) is 4.39 Å². The maximum absolute atomic E-state index is 13.1. The van der Waals surface area contributed by atoms with Crippen LogP contribution in [0.5, 0.6) is 0 Å². The summed E-state index contributed by atoms with van der Waals surface area (Å²) in [5.41, 5.74) is 1.94. The van der Waals surface area contributed by atoms with Crippen molar-refractivity contribution in [2.24, 2.45) is 0 Å². The second kappa shape index (κ2) is 7.07. The zero-order valence-corrected chi connectivity index (χ0v) is 12.7. The maximum Gasteiger partial charge on any atom is 0.123 e. The van der Waals surface area contributed by atoms with E-state index in [0.717, 1.165) is 24.1 Å². The van der Waals surface area contributed by atoms with Gasteiger partial charge in [0.15, 0.2) is 0 Å². The van der Waals surface area contributed by atoms with E-state index in [2.05, 4.69) is 5.32 Å². The molecule has 4 heteroatoms. The summed E-state index contributed by atoms with van der Waals surface area (Å²) in [5, 5.41) is 4.73. The minimum absolute atomic E-state index is 0.0924. The lowest BCUT2D eigenvalue weighted by Crippen LogP contribution is -2.21. The molecule has 0 radical (unpaired) electrons. The third-order valence-electron chi connectivity index (χ3n) is 3.18. The number of nitrogens with one attached hydrogen (secondary N) is 1. The Labute approximate surface area is 128 Å². The average Bonchev–Trinajstić information content (AvgIpc) is 2.41. The van der Waals surface area contributed by atoms with Crippen LogP contribution < -0.4 is 5.32 Å². The van der Waals surface area contributed by atoms with Crippen LogP contribution in [0.3, 0.4) is 0 Å². The molecule has 1 nitrogen and oxygen atoms in total. The van der Waals surface area contributed by atoms with Crippen LogP contribution >= 0.6 is 23.2 Å². The van der Waals surface area contributed by atoms with E-state index in [4.69, 9.17) is 23.2 Å². The van der Waals surface area contributed by atoms with E-state index >= 15 is 0 Å². The quantitative estimate of drug-likeness (QED) is 0.817. The highest BCUT2D eigenvalue weighted by Crippen LogP contribution is 2.26. The van der Waals surface area contributed by atoms with Crippen molar-refractivity contribution in [2.75, 3.05) is 6.54 Å². The molecular formula is C16H16Cl2FN. The SMILES string of the molecule is CC(NCCc1cccc(F)c1)c1cc(Cl)ccc1Cl. The van der Waals surface area contributed by atoms with Crippen molar-refractivity contribution in [3.05, 3.63) is 69.5 Å². The normalized spacial score (nSPS) is 12.4. The molecule has 1 atom stereocenters. The predicted molar refractivity (Wildman–Crippen MR) is 83.0 cm³/mol. The minimum Gasteiger partial charge on any atom is -0.310 e. The number of benzene rings is 2. The van der Waals surface area contributed by atoms with Gasteiger partial charge >= 0.3 is 0 Å². The fourth-order valence-corrected chi connectivity index (χ4v) is 2.54. The summed E-state index contributed by atoms with van der Waals surface area (Å²) in [6, 6.07) is 12.2. The van der Waals surface area contributed by atoms with Gasteiger partial charge in [-0.1, -0.05) is 35.3 Å². The summed E-state index contributed by atoms with van der Waals surface area (Å²) >= 11 is 12.1. The Morgan fingerprint density at radius 2 is 1.95 bits per heavy atom. The maximum atomic E-state index is 13.1. The molecule has 0 amide bonds. The highest BCUT2D eigenvalue weighted by atomic mass is 35.5. The van der Waals surface area contributed by atoms with Crippen molar-refractivity contribution in [1.29, 1.82) is 0 Å². The van der Waals surface area contributed by atoms with Crippen molar-refractivity contribution in [2.45, 2.75) is 19.4 Å². The molecule has 0 fully saturated rings. The summed E-state index contributed by atoms with van der Waals surface area (Å²) in [7, 11) is 0.